The molecular weight excluding hydrogens is 370 g/mol. The highest BCUT2D eigenvalue weighted by molar-refractivity contribution is 6.04. The van der Waals surface area contributed by atoms with Crippen molar-refractivity contribution in [1.29, 1.82) is 0 Å². The van der Waals surface area contributed by atoms with Gasteiger partial charge in [0, 0.05) is 17.6 Å². The fourth-order valence-electron chi connectivity index (χ4n) is 3.18. The Morgan fingerprint density at radius 3 is 2.60 bits per heavy atom. The van der Waals surface area contributed by atoms with Gasteiger partial charge in [0.1, 0.15) is 0 Å². The van der Waals surface area contributed by atoms with Crippen molar-refractivity contribution in [1.82, 2.24) is 4.98 Å². The van der Waals surface area contributed by atoms with Gasteiger partial charge in [0.25, 0.3) is 0 Å². The first-order valence-corrected chi connectivity index (χ1v) is 9.70. The molecule has 0 radical (unpaired) electrons. The zero-order valence-electron chi connectivity index (χ0n) is 17.7. The number of aromatic nitrogens is 1. The molecule has 0 fully saturated rings. The van der Waals surface area contributed by atoms with Gasteiger partial charge in [-0.3, -0.25) is 0 Å². The molecule has 0 aliphatic rings. The van der Waals surface area contributed by atoms with E-state index in [9.17, 15) is 0 Å². The molecule has 3 aromatic rings. The summed E-state index contributed by atoms with van der Waals surface area (Å²) in [5, 5.41) is 3.37. The van der Waals surface area contributed by atoms with Crippen LogP contribution in [0.4, 0.5) is 11.4 Å². The SMILES string of the molecule is C=Cc1c[nH]c(C(N=CN)=Nc2cc(NC(=C)c3cccc(C)c3)ccc2C)c1C. The predicted molar refractivity (Wildman–Crippen MR) is 130 cm³/mol. The molecule has 0 spiro atoms. The minimum Gasteiger partial charge on any atom is -0.390 e. The maximum absolute atomic E-state index is 5.59. The summed E-state index contributed by atoms with van der Waals surface area (Å²) < 4.78 is 0. The Morgan fingerprint density at radius 2 is 1.93 bits per heavy atom. The summed E-state index contributed by atoms with van der Waals surface area (Å²) >= 11 is 0. The molecular formula is C25H27N5. The van der Waals surface area contributed by atoms with Crippen LogP contribution in [0.5, 0.6) is 0 Å². The molecule has 152 valence electrons. The van der Waals surface area contributed by atoms with Gasteiger partial charge >= 0.3 is 0 Å². The highest BCUT2D eigenvalue weighted by atomic mass is 15.0. The number of nitrogens with two attached hydrogens (primary N) is 1. The minimum absolute atomic E-state index is 0.515. The van der Waals surface area contributed by atoms with Crippen LogP contribution >= 0.6 is 0 Å². The normalized spacial score (nSPS) is 11.6. The summed E-state index contributed by atoms with van der Waals surface area (Å²) in [6.07, 6.45) is 4.94. The molecule has 5 nitrogen and oxygen atoms in total. The first-order valence-electron chi connectivity index (χ1n) is 9.70. The number of hydrogen-bond acceptors (Lipinski definition) is 2. The number of aromatic amines is 1. The minimum atomic E-state index is 0.515. The summed E-state index contributed by atoms with van der Waals surface area (Å²) in [6.45, 7) is 14.1. The fraction of sp³-hybridized carbons (Fsp3) is 0.120. The van der Waals surface area contributed by atoms with E-state index in [1.807, 2.05) is 50.4 Å². The van der Waals surface area contributed by atoms with E-state index in [0.717, 1.165) is 45.0 Å². The Hall–Kier alpha value is -3.86. The second kappa shape index (κ2) is 9.09. The second-order valence-electron chi connectivity index (χ2n) is 7.14. The standard InChI is InChI=1S/C25H27N5/c1-6-20-14-27-24(18(20)4)25(28-15-26)30-23-13-22(11-10-17(23)3)29-19(5)21-9-7-8-16(2)12-21/h6-15,27,29H,1,5H2,2-4H3,(H2,26,28,30). The molecule has 0 bridgehead atoms. The van der Waals surface area contributed by atoms with Crippen molar-refractivity contribution in [3.63, 3.8) is 0 Å². The lowest BCUT2D eigenvalue weighted by molar-refractivity contribution is 1.29. The smallest absolute Gasteiger partial charge is 0.178 e. The number of amidine groups is 1. The number of hydrogen-bond donors (Lipinski definition) is 3. The van der Waals surface area contributed by atoms with Gasteiger partial charge in [-0.15, -0.1) is 0 Å². The van der Waals surface area contributed by atoms with Crippen molar-refractivity contribution in [3.05, 3.63) is 95.3 Å². The van der Waals surface area contributed by atoms with Gasteiger partial charge in [0.05, 0.1) is 17.7 Å². The number of benzene rings is 2. The molecule has 4 N–H and O–H groups in total. The fourth-order valence-corrected chi connectivity index (χ4v) is 3.18. The van der Waals surface area contributed by atoms with Gasteiger partial charge in [0.2, 0.25) is 0 Å². The highest BCUT2D eigenvalue weighted by Gasteiger charge is 2.12. The molecule has 5 heteroatoms. The van der Waals surface area contributed by atoms with E-state index >= 15 is 0 Å². The lowest BCUT2D eigenvalue weighted by Gasteiger charge is -2.12. The quantitative estimate of drug-likeness (QED) is 0.367. The summed E-state index contributed by atoms with van der Waals surface area (Å²) in [5.74, 6) is 0.515. The summed E-state index contributed by atoms with van der Waals surface area (Å²) in [4.78, 5) is 12.3. The van der Waals surface area contributed by atoms with E-state index < -0.39 is 0 Å². The second-order valence-corrected chi connectivity index (χ2v) is 7.14. The molecule has 0 amide bonds. The van der Waals surface area contributed by atoms with E-state index in [1.54, 1.807) is 6.08 Å². The predicted octanol–water partition coefficient (Wildman–Crippen LogP) is 5.73. The lowest BCUT2D eigenvalue weighted by Crippen LogP contribution is -2.04. The Bertz CT molecular complexity index is 1150. The lowest BCUT2D eigenvalue weighted by atomic mass is 10.1. The third-order valence-corrected chi connectivity index (χ3v) is 4.92. The summed E-state index contributed by atoms with van der Waals surface area (Å²) in [6, 6.07) is 14.2. The summed E-state index contributed by atoms with van der Waals surface area (Å²) in [7, 11) is 0. The maximum Gasteiger partial charge on any atom is 0.178 e. The van der Waals surface area contributed by atoms with Crippen molar-refractivity contribution in [3.8, 4) is 0 Å². The van der Waals surface area contributed by atoms with Crippen LogP contribution in [0.25, 0.3) is 11.8 Å². The number of anilines is 1. The topological polar surface area (TPSA) is 78.6 Å². The third-order valence-electron chi connectivity index (χ3n) is 4.92. The average molecular weight is 398 g/mol. The van der Waals surface area contributed by atoms with Gasteiger partial charge in [-0.2, -0.15) is 0 Å². The molecule has 3 rings (SSSR count). The van der Waals surface area contributed by atoms with E-state index in [4.69, 9.17) is 10.7 Å². The molecule has 0 unspecified atom stereocenters. The van der Waals surface area contributed by atoms with E-state index in [2.05, 4.69) is 47.5 Å². The van der Waals surface area contributed by atoms with Crippen LogP contribution in [0, 0.1) is 20.8 Å². The summed E-state index contributed by atoms with van der Waals surface area (Å²) in [5.41, 5.74) is 14.2. The number of H-pyrrole nitrogens is 1. The van der Waals surface area contributed by atoms with Crippen molar-refractivity contribution in [2.75, 3.05) is 5.32 Å². The maximum atomic E-state index is 5.59. The Balaban J connectivity index is 1.95. The third kappa shape index (κ3) is 4.58. The molecule has 0 saturated carbocycles. The zero-order valence-corrected chi connectivity index (χ0v) is 17.7. The molecule has 0 atom stereocenters. The zero-order chi connectivity index (χ0) is 21.7. The number of aliphatic imine (C=N–C) groups is 2. The monoisotopic (exact) mass is 397 g/mol. The van der Waals surface area contributed by atoms with E-state index in [1.165, 1.54) is 11.9 Å². The van der Waals surface area contributed by atoms with Crippen molar-refractivity contribution < 1.29 is 0 Å². The molecule has 0 saturated heterocycles. The van der Waals surface area contributed by atoms with Crippen LogP contribution in [0.2, 0.25) is 0 Å². The average Bonchev–Trinajstić information content (AvgIpc) is 3.10. The van der Waals surface area contributed by atoms with Gasteiger partial charge < -0.3 is 16.0 Å². The number of aryl methyl sites for hydroxylation is 2. The molecule has 0 aliphatic heterocycles. The molecule has 30 heavy (non-hydrogen) atoms. The molecule has 1 aromatic heterocycles. The first-order chi connectivity index (χ1) is 14.4. The van der Waals surface area contributed by atoms with E-state index in [0.29, 0.717) is 5.84 Å². The van der Waals surface area contributed by atoms with Gasteiger partial charge in [-0.1, -0.05) is 49.1 Å². The molecule has 1 heterocycles. The Labute approximate surface area is 177 Å². The number of rotatable bonds is 6. The first kappa shape index (κ1) is 20.9. The Kier molecular flexibility index (Phi) is 6.32. The highest BCUT2D eigenvalue weighted by Crippen LogP contribution is 2.27. The van der Waals surface area contributed by atoms with Crippen LogP contribution in [0.15, 0.2) is 71.8 Å². The number of nitrogens with zero attached hydrogens (tertiary/aromatic N) is 2. The van der Waals surface area contributed by atoms with Crippen LogP contribution in [-0.2, 0) is 0 Å². The van der Waals surface area contributed by atoms with E-state index in [-0.39, 0.29) is 0 Å². The van der Waals surface area contributed by atoms with Crippen LogP contribution in [0.3, 0.4) is 0 Å². The van der Waals surface area contributed by atoms with Crippen LogP contribution in [-0.4, -0.2) is 17.2 Å². The van der Waals surface area contributed by atoms with Crippen molar-refractivity contribution >= 4 is 35.3 Å². The molecule has 2 aromatic carbocycles. The largest absolute Gasteiger partial charge is 0.390 e. The van der Waals surface area contributed by atoms with Crippen LogP contribution < -0.4 is 11.1 Å². The van der Waals surface area contributed by atoms with Gasteiger partial charge in [-0.05, 0) is 61.2 Å². The van der Waals surface area contributed by atoms with Crippen molar-refractivity contribution in [2.24, 2.45) is 15.7 Å². The van der Waals surface area contributed by atoms with Crippen molar-refractivity contribution in [2.45, 2.75) is 20.8 Å². The molecule has 0 aliphatic carbocycles. The number of nitrogens with one attached hydrogen (secondary N) is 2. The van der Waals surface area contributed by atoms with Crippen LogP contribution in [0.1, 0.15) is 33.5 Å². The van der Waals surface area contributed by atoms with Gasteiger partial charge in [0.15, 0.2) is 5.84 Å². The Morgan fingerprint density at radius 1 is 1.13 bits per heavy atom. The van der Waals surface area contributed by atoms with Gasteiger partial charge in [-0.25, -0.2) is 9.98 Å².